The minimum absolute atomic E-state index is 0.0584. The summed E-state index contributed by atoms with van der Waals surface area (Å²) in [5, 5.41) is 3.04. The van der Waals surface area contributed by atoms with Gasteiger partial charge in [-0.1, -0.05) is 104 Å². The van der Waals surface area contributed by atoms with Gasteiger partial charge >= 0.3 is 5.97 Å². The number of esters is 1. The van der Waals surface area contributed by atoms with Gasteiger partial charge in [0.05, 0.1) is 30.9 Å². The lowest BCUT2D eigenvalue weighted by Gasteiger charge is -2.42. The molecule has 0 aliphatic carbocycles. The Labute approximate surface area is 337 Å². The summed E-state index contributed by atoms with van der Waals surface area (Å²) in [4.78, 5) is 27.5. The second kappa shape index (κ2) is 18.2. The largest absolute Gasteiger partial charge is 0.469 e. The molecule has 0 radical (unpaired) electrons. The highest BCUT2D eigenvalue weighted by Crippen LogP contribution is 2.44. The maximum Gasteiger partial charge on any atom is 0.308 e. The molecule has 1 amide bonds. The number of benzene rings is 3. The van der Waals surface area contributed by atoms with Crippen molar-refractivity contribution in [1.82, 2.24) is 4.57 Å². The van der Waals surface area contributed by atoms with Gasteiger partial charge in [0, 0.05) is 29.6 Å². The van der Waals surface area contributed by atoms with E-state index >= 15 is 0 Å². The van der Waals surface area contributed by atoms with E-state index in [9.17, 15) is 14.0 Å². The predicted octanol–water partition coefficient (Wildman–Crippen LogP) is 12.5. The highest BCUT2D eigenvalue weighted by atomic mass is 28.4. The predicted molar refractivity (Wildman–Crippen MR) is 234 cm³/mol. The minimum atomic E-state index is -2.33. The minimum Gasteiger partial charge on any atom is -0.469 e. The van der Waals surface area contributed by atoms with E-state index < -0.39 is 22.7 Å². The second-order valence-corrected chi connectivity index (χ2v) is 27.8. The van der Waals surface area contributed by atoms with Gasteiger partial charge < -0.3 is 23.5 Å². The maximum atomic E-state index is 14.7. The van der Waals surface area contributed by atoms with Gasteiger partial charge in [-0.2, -0.15) is 0 Å². The van der Waals surface area contributed by atoms with Gasteiger partial charge in [0.25, 0.3) is 5.91 Å². The Morgan fingerprint density at radius 2 is 1.27 bits per heavy atom. The number of hydrogen-bond acceptors (Lipinski definition) is 5. The van der Waals surface area contributed by atoms with Crippen molar-refractivity contribution < 1.29 is 27.6 Å². The molecule has 1 aromatic heterocycles. The fraction of sp³-hybridized carbons (Fsp3) is 0.478. The number of carbonyl (C=O) groups is 2. The van der Waals surface area contributed by atoms with Crippen LogP contribution in [0.5, 0.6) is 0 Å². The number of nitrogens with zero attached hydrogens (tertiary/aromatic N) is 1. The molecular formula is C46H65FN2O5Si2. The summed E-state index contributed by atoms with van der Waals surface area (Å²) in [7, 11) is -3.21. The molecule has 0 saturated carbocycles. The van der Waals surface area contributed by atoms with Gasteiger partial charge in [0.1, 0.15) is 5.82 Å². The Morgan fingerprint density at radius 1 is 0.750 bits per heavy atom. The lowest BCUT2D eigenvalue weighted by Crippen LogP contribution is -2.48. The Morgan fingerprint density at radius 3 is 1.77 bits per heavy atom. The monoisotopic (exact) mass is 800 g/mol. The summed E-state index contributed by atoms with van der Waals surface area (Å²) in [6.45, 7) is 26.9. The van der Waals surface area contributed by atoms with Crippen molar-refractivity contribution in [2.75, 3.05) is 12.4 Å². The van der Waals surface area contributed by atoms with Gasteiger partial charge in [-0.05, 0) is 103 Å². The third kappa shape index (κ3) is 11.0. The summed E-state index contributed by atoms with van der Waals surface area (Å²) in [5.41, 5.74) is 5.49. The maximum absolute atomic E-state index is 14.7. The smallest absolute Gasteiger partial charge is 0.308 e. The molecular weight excluding hydrogens is 736 g/mol. The van der Waals surface area contributed by atoms with Crippen LogP contribution < -0.4 is 5.32 Å². The van der Waals surface area contributed by atoms with Crippen LogP contribution in [0, 0.1) is 5.82 Å². The van der Waals surface area contributed by atoms with E-state index in [0.29, 0.717) is 30.6 Å². The number of nitrogens with one attached hydrogen (secondary N) is 1. The number of halogens is 1. The Hall–Kier alpha value is -3.84. The number of amides is 1. The number of aromatic nitrogens is 1. The van der Waals surface area contributed by atoms with Crippen LogP contribution in [0.3, 0.4) is 0 Å². The van der Waals surface area contributed by atoms with Crippen LogP contribution in [-0.2, 0) is 24.9 Å². The van der Waals surface area contributed by atoms with E-state index in [0.717, 1.165) is 28.1 Å². The van der Waals surface area contributed by atoms with E-state index in [1.54, 1.807) is 12.1 Å². The van der Waals surface area contributed by atoms with Gasteiger partial charge in [-0.15, -0.1) is 0 Å². The molecule has 1 N–H and O–H groups in total. The van der Waals surface area contributed by atoms with Gasteiger partial charge in [-0.3, -0.25) is 9.59 Å². The number of para-hydroxylation sites is 1. The van der Waals surface area contributed by atoms with Crippen molar-refractivity contribution in [3.05, 3.63) is 102 Å². The number of rotatable bonds is 16. The van der Waals surface area contributed by atoms with Crippen LogP contribution >= 0.6 is 0 Å². The van der Waals surface area contributed by atoms with Gasteiger partial charge in [0.15, 0.2) is 16.6 Å². The van der Waals surface area contributed by atoms with Crippen molar-refractivity contribution in [2.24, 2.45) is 0 Å². The van der Waals surface area contributed by atoms with Gasteiger partial charge in [0.2, 0.25) is 0 Å². The van der Waals surface area contributed by atoms with Crippen LogP contribution in [0.2, 0.25) is 36.3 Å². The zero-order valence-electron chi connectivity index (χ0n) is 36.0. The first-order valence-corrected chi connectivity index (χ1v) is 25.7. The molecule has 304 valence electrons. The van der Waals surface area contributed by atoms with Crippen molar-refractivity contribution in [2.45, 2.75) is 136 Å². The fourth-order valence-electron chi connectivity index (χ4n) is 6.63. The zero-order valence-corrected chi connectivity index (χ0v) is 38.0. The molecule has 4 rings (SSSR count). The molecule has 2 atom stereocenters. The van der Waals surface area contributed by atoms with E-state index in [1.165, 1.54) is 19.2 Å². The first kappa shape index (κ1) is 44.9. The molecule has 1 heterocycles. The fourth-order valence-corrected chi connectivity index (χ4v) is 9.40. The molecule has 0 bridgehead atoms. The lowest BCUT2D eigenvalue weighted by atomic mass is 9.94. The topological polar surface area (TPSA) is 78.8 Å². The molecule has 0 aliphatic rings. The molecule has 7 nitrogen and oxygen atoms in total. The molecule has 10 heteroatoms. The van der Waals surface area contributed by atoms with Crippen molar-refractivity contribution in [3.8, 4) is 22.4 Å². The normalized spacial score (nSPS) is 13.8. The van der Waals surface area contributed by atoms with Crippen LogP contribution in [0.4, 0.5) is 10.1 Å². The zero-order chi connectivity index (χ0) is 41.6. The number of hydrogen-bond donors (Lipinski definition) is 1. The van der Waals surface area contributed by atoms with E-state index in [4.69, 9.17) is 13.6 Å². The second-order valence-electron chi connectivity index (χ2n) is 18.3. The summed E-state index contributed by atoms with van der Waals surface area (Å²) >= 11 is 0. The Bertz CT molecular complexity index is 1910. The Kier molecular flexibility index (Phi) is 14.6. The summed E-state index contributed by atoms with van der Waals surface area (Å²) in [5.74, 6) is -0.916. The SMILES string of the molecule is COC(=O)C[C@@H](C[C@@H](CCn1c(-c2ccc(F)cc2)c(-c2ccccc2)c(C(=O)Nc2ccccc2)c1C(C)C)O[Si](C)(C)C(C)(C)C)O[Si](C)(C)C(C)(C)C. The number of methoxy groups -OCH3 is 1. The van der Waals surface area contributed by atoms with E-state index in [2.05, 4.69) is 91.5 Å². The van der Waals surface area contributed by atoms with Crippen LogP contribution in [-0.4, -0.2) is 52.4 Å². The third-order valence-corrected chi connectivity index (χ3v) is 20.7. The average molecular weight is 801 g/mol. The molecule has 0 aliphatic heterocycles. The first-order valence-electron chi connectivity index (χ1n) is 19.9. The van der Waals surface area contributed by atoms with Crippen molar-refractivity contribution >= 4 is 34.2 Å². The molecule has 0 saturated heterocycles. The van der Waals surface area contributed by atoms with Crippen LogP contribution in [0.25, 0.3) is 22.4 Å². The van der Waals surface area contributed by atoms with Crippen LogP contribution in [0.1, 0.15) is 96.6 Å². The lowest BCUT2D eigenvalue weighted by molar-refractivity contribution is -0.142. The standard InChI is InChI=1S/C46H65FN2O5Si2/c1-32(2)42-41(44(51)48-36-22-18-15-19-23-36)40(33-20-16-14-17-21-33)43(34-24-26-35(47)27-25-34)49(42)29-28-37(53-55(10,11)45(3,4)5)30-38(31-39(50)52-9)54-56(12,13)46(6,7)8/h14-27,32,37-38H,28-31H2,1-13H3,(H,48,51)/t37-,38-/m1/s1. The molecule has 3 aromatic carbocycles. The highest BCUT2D eigenvalue weighted by Gasteiger charge is 2.43. The van der Waals surface area contributed by atoms with Gasteiger partial charge in [-0.25, -0.2) is 4.39 Å². The average Bonchev–Trinajstić information content (AvgIpc) is 3.46. The number of ether oxygens (including phenoxy) is 1. The summed E-state index contributed by atoms with van der Waals surface area (Å²) in [6.07, 6.45) is 0.535. The van der Waals surface area contributed by atoms with E-state index in [-0.39, 0.29) is 46.2 Å². The van der Waals surface area contributed by atoms with Crippen LogP contribution in [0.15, 0.2) is 84.9 Å². The summed E-state index contributed by atoms with van der Waals surface area (Å²) < 4.78 is 36.2. The molecule has 4 aromatic rings. The van der Waals surface area contributed by atoms with Crippen molar-refractivity contribution in [1.29, 1.82) is 0 Å². The highest BCUT2D eigenvalue weighted by molar-refractivity contribution is 6.74. The molecule has 0 unspecified atom stereocenters. The molecule has 56 heavy (non-hydrogen) atoms. The number of anilines is 1. The third-order valence-electron chi connectivity index (χ3n) is 11.6. The van der Waals surface area contributed by atoms with Crippen molar-refractivity contribution in [3.63, 3.8) is 0 Å². The van der Waals surface area contributed by atoms with E-state index in [1.807, 2.05) is 60.7 Å². The number of carbonyl (C=O) groups excluding carboxylic acids is 2. The Balaban J connectivity index is 1.94. The summed E-state index contributed by atoms with van der Waals surface area (Å²) in [6, 6.07) is 26.0. The first-order chi connectivity index (χ1) is 26.1. The molecule has 0 spiro atoms. The quantitative estimate of drug-likeness (QED) is 0.0902. The molecule has 0 fully saturated rings.